The molecule has 0 aromatic carbocycles. The lowest BCUT2D eigenvalue weighted by Crippen LogP contribution is -2.38. The van der Waals surface area contributed by atoms with Crippen LogP contribution in [0.5, 0.6) is 0 Å². The first-order chi connectivity index (χ1) is 7.83. The van der Waals surface area contributed by atoms with Crippen LogP contribution in [-0.4, -0.2) is 49.1 Å². The Kier molecular flexibility index (Phi) is 4.33. The normalized spacial score (nSPS) is 20.8. The van der Waals surface area contributed by atoms with Gasteiger partial charge in [0.05, 0.1) is 5.92 Å². The van der Waals surface area contributed by atoms with E-state index >= 15 is 0 Å². The number of likely N-dealkylation sites (tertiary alicyclic amines) is 1. The Morgan fingerprint density at radius 3 is 2.71 bits per heavy atom. The molecule has 2 amide bonds. The van der Waals surface area contributed by atoms with Crippen LogP contribution in [0, 0.1) is 5.92 Å². The van der Waals surface area contributed by atoms with Crippen molar-refractivity contribution < 1.29 is 22.8 Å². The van der Waals surface area contributed by atoms with Gasteiger partial charge in [-0.15, -0.1) is 0 Å². The topological polar surface area (TPSA) is 75.4 Å². The van der Waals surface area contributed by atoms with Crippen molar-refractivity contribution in [3.8, 4) is 0 Å². The maximum absolute atomic E-state index is 12.1. The van der Waals surface area contributed by atoms with Crippen LogP contribution in [0.15, 0.2) is 0 Å². The first-order valence-electron chi connectivity index (χ1n) is 5.16. The number of carbonyl (C=O) groups is 2. The summed E-state index contributed by atoms with van der Waals surface area (Å²) in [4.78, 5) is 23.4. The first-order valence-corrected chi connectivity index (χ1v) is 5.16. The number of amides is 2. The van der Waals surface area contributed by atoms with E-state index < -0.39 is 30.5 Å². The first kappa shape index (κ1) is 13.8. The lowest BCUT2D eigenvalue weighted by atomic mass is 10.1. The summed E-state index contributed by atoms with van der Waals surface area (Å²) >= 11 is 0. The van der Waals surface area contributed by atoms with Gasteiger partial charge in [0.25, 0.3) is 0 Å². The van der Waals surface area contributed by atoms with Crippen molar-refractivity contribution in [3.63, 3.8) is 0 Å². The molecule has 1 saturated heterocycles. The number of nitrogens with two attached hydrogens (primary N) is 1. The minimum absolute atomic E-state index is 0.174. The van der Waals surface area contributed by atoms with Crippen molar-refractivity contribution in [2.45, 2.75) is 12.6 Å². The van der Waals surface area contributed by atoms with Crippen LogP contribution in [0.3, 0.4) is 0 Å². The number of alkyl halides is 3. The summed E-state index contributed by atoms with van der Waals surface area (Å²) in [5, 5.41) is 2.45. The molecule has 0 saturated carbocycles. The third kappa shape index (κ3) is 4.22. The maximum Gasteiger partial charge on any atom is 0.406 e. The van der Waals surface area contributed by atoms with Crippen molar-refractivity contribution in [2.75, 3.05) is 26.2 Å². The Morgan fingerprint density at radius 1 is 1.53 bits per heavy atom. The van der Waals surface area contributed by atoms with E-state index in [1.807, 2.05) is 0 Å². The average Bonchev–Trinajstić information content (AvgIpc) is 2.54. The molecule has 0 spiro atoms. The van der Waals surface area contributed by atoms with Gasteiger partial charge in [-0.25, -0.2) is 0 Å². The van der Waals surface area contributed by atoms with Crippen LogP contribution in [0.2, 0.25) is 0 Å². The van der Waals surface area contributed by atoms with Crippen molar-refractivity contribution in [1.29, 1.82) is 0 Å². The SMILES string of the molecule is NCCNC(=O)C1CC(=O)N(CC(F)(F)F)C1. The van der Waals surface area contributed by atoms with Crippen LogP contribution < -0.4 is 11.1 Å². The van der Waals surface area contributed by atoms with E-state index in [1.54, 1.807) is 0 Å². The number of nitrogens with zero attached hydrogens (tertiary/aromatic N) is 1. The third-order valence-electron chi connectivity index (χ3n) is 2.40. The highest BCUT2D eigenvalue weighted by molar-refractivity contribution is 5.89. The molecule has 98 valence electrons. The number of hydrogen-bond acceptors (Lipinski definition) is 3. The molecular weight excluding hydrogens is 239 g/mol. The van der Waals surface area contributed by atoms with Crippen LogP contribution in [0.1, 0.15) is 6.42 Å². The summed E-state index contributed by atoms with van der Waals surface area (Å²) in [6, 6.07) is 0. The van der Waals surface area contributed by atoms with Crippen LogP contribution in [0.25, 0.3) is 0 Å². The van der Waals surface area contributed by atoms with Gasteiger partial charge in [-0.1, -0.05) is 0 Å². The minimum atomic E-state index is -4.43. The summed E-state index contributed by atoms with van der Waals surface area (Å²) in [6.45, 7) is -0.983. The Bertz CT molecular complexity index is 306. The molecule has 1 unspecified atom stereocenters. The van der Waals surface area contributed by atoms with Crippen molar-refractivity contribution in [1.82, 2.24) is 10.2 Å². The lowest BCUT2D eigenvalue weighted by Gasteiger charge is -2.18. The van der Waals surface area contributed by atoms with Gasteiger partial charge in [0.15, 0.2) is 0 Å². The predicted molar refractivity (Wildman–Crippen MR) is 52.8 cm³/mol. The molecule has 1 atom stereocenters. The molecule has 5 nitrogen and oxygen atoms in total. The third-order valence-corrected chi connectivity index (χ3v) is 2.40. The summed E-state index contributed by atoms with van der Waals surface area (Å²) < 4.78 is 36.3. The molecule has 1 fully saturated rings. The second-order valence-electron chi connectivity index (χ2n) is 3.87. The molecule has 17 heavy (non-hydrogen) atoms. The second-order valence-corrected chi connectivity index (χ2v) is 3.87. The highest BCUT2D eigenvalue weighted by Crippen LogP contribution is 2.23. The van der Waals surface area contributed by atoms with E-state index in [0.717, 1.165) is 0 Å². The molecule has 0 aliphatic carbocycles. The smallest absolute Gasteiger partial charge is 0.355 e. The van der Waals surface area contributed by atoms with E-state index in [-0.39, 0.29) is 26.1 Å². The van der Waals surface area contributed by atoms with Crippen LogP contribution in [-0.2, 0) is 9.59 Å². The molecule has 1 heterocycles. The second kappa shape index (κ2) is 5.35. The van der Waals surface area contributed by atoms with Gasteiger partial charge >= 0.3 is 6.18 Å². The zero-order chi connectivity index (χ0) is 13.1. The number of rotatable bonds is 4. The fourth-order valence-electron chi connectivity index (χ4n) is 1.66. The highest BCUT2D eigenvalue weighted by atomic mass is 19.4. The minimum Gasteiger partial charge on any atom is -0.355 e. The Labute approximate surface area is 96.1 Å². The molecule has 1 rings (SSSR count). The zero-order valence-electron chi connectivity index (χ0n) is 9.09. The predicted octanol–water partition coefficient (Wildman–Crippen LogP) is -0.528. The van der Waals surface area contributed by atoms with E-state index in [2.05, 4.69) is 5.32 Å². The molecule has 3 N–H and O–H groups in total. The number of hydrogen-bond donors (Lipinski definition) is 2. The van der Waals surface area contributed by atoms with Crippen molar-refractivity contribution in [3.05, 3.63) is 0 Å². The van der Waals surface area contributed by atoms with E-state index in [1.165, 1.54) is 0 Å². The van der Waals surface area contributed by atoms with E-state index in [4.69, 9.17) is 5.73 Å². The van der Waals surface area contributed by atoms with Gasteiger partial charge in [0, 0.05) is 26.1 Å². The van der Waals surface area contributed by atoms with E-state index in [0.29, 0.717) is 4.90 Å². The molecular formula is C9H14F3N3O2. The molecule has 0 aromatic rings. The number of halogens is 3. The van der Waals surface area contributed by atoms with Gasteiger partial charge in [0.1, 0.15) is 6.54 Å². The Hall–Kier alpha value is -1.31. The fraction of sp³-hybridized carbons (Fsp3) is 0.778. The molecule has 1 aliphatic rings. The summed E-state index contributed by atoms with van der Waals surface area (Å²) in [7, 11) is 0. The van der Waals surface area contributed by atoms with Crippen molar-refractivity contribution >= 4 is 11.8 Å². The standard InChI is InChI=1S/C9H14F3N3O2/c10-9(11,12)5-15-4-6(3-7(15)16)8(17)14-2-1-13/h6H,1-5,13H2,(H,14,17). The van der Waals surface area contributed by atoms with Gasteiger partial charge in [0.2, 0.25) is 11.8 Å². The molecule has 1 aliphatic heterocycles. The molecule has 0 aromatic heterocycles. The Balaban J connectivity index is 2.49. The Morgan fingerprint density at radius 2 is 2.18 bits per heavy atom. The van der Waals surface area contributed by atoms with Crippen LogP contribution in [0.4, 0.5) is 13.2 Å². The summed E-state index contributed by atoms with van der Waals surface area (Å²) in [6.07, 6.45) is -4.61. The van der Waals surface area contributed by atoms with Crippen molar-refractivity contribution in [2.24, 2.45) is 11.7 Å². The van der Waals surface area contributed by atoms with Gasteiger partial charge in [-0.05, 0) is 0 Å². The van der Waals surface area contributed by atoms with E-state index in [9.17, 15) is 22.8 Å². The number of nitrogens with one attached hydrogen (secondary N) is 1. The van der Waals surface area contributed by atoms with Crippen LogP contribution >= 0.6 is 0 Å². The average molecular weight is 253 g/mol. The molecule has 0 radical (unpaired) electrons. The van der Waals surface area contributed by atoms with Gasteiger partial charge in [-0.3, -0.25) is 9.59 Å². The van der Waals surface area contributed by atoms with Gasteiger partial charge < -0.3 is 16.0 Å². The molecule has 0 bridgehead atoms. The zero-order valence-corrected chi connectivity index (χ0v) is 9.09. The summed E-state index contributed by atoms with van der Waals surface area (Å²) in [5.41, 5.74) is 5.17. The van der Waals surface area contributed by atoms with Gasteiger partial charge in [-0.2, -0.15) is 13.2 Å². The largest absolute Gasteiger partial charge is 0.406 e. The molecule has 8 heteroatoms. The monoisotopic (exact) mass is 253 g/mol. The lowest BCUT2D eigenvalue weighted by molar-refractivity contribution is -0.157. The highest BCUT2D eigenvalue weighted by Gasteiger charge is 2.40. The fourth-order valence-corrected chi connectivity index (χ4v) is 1.66. The quantitative estimate of drug-likeness (QED) is 0.707. The summed E-state index contributed by atoms with van der Waals surface area (Å²) in [5.74, 6) is -1.78. The number of carbonyl (C=O) groups excluding carboxylic acids is 2. The maximum atomic E-state index is 12.1.